The van der Waals surface area contributed by atoms with Gasteiger partial charge in [0, 0.05) is 16.8 Å². The van der Waals surface area contributed by atoms with Crippen molar-refractivity contribution in [3.8, 4) is 55.6 Å². The monoisotopic (exact) mass is 725 g/mol. The van der Waals surface area contributed by atoms with Gasteiger partial charge in [0.1, 0.15) is 0 Å². The highest BCUT2D eigenvalue weighted by Gasteiger charge is 2.22. The number of nitrogens with zero attached hydrogens (tertiary/aromatic N) is 1. The van der Waals surface area contributed by atoms with Crippen molar-refractivity contribution in [1.82, 2.24) is 0 Å². The molecule has 0 saturated heterocycles. The maximum Gasteiger partial charge on any atom is 0.0546 e. The van der Waals surface area contributed by atoms with Gasteiger partial charge in [0.2, 0.25) is 0 Å². The molecule has 0 aliphatic carbocycles. The molecule has 0 spiro atoms. The Kier molecular flexibility index (Phi) is 8.95. The third-order valence-electron chi connectivity index (χ3n) is 11.1. The van der Waals surface area contributed by atoms with E-state index in [0.717, 1.165) is 33.8 Å². The Morgan fingerprint density at radius 1 is 0.228 bits per heavy atom. The van der Waals surface area contributed by atoms with E-state index in [4.69, 9.17) is 0 Å². The highest BCUT2D eigenvalue weighted by Crippen LogP contribution is 2.47. The molecule has 0 amide bonds. The van der Waals surface area contributed by atoms with Gasteiger partial charge in [-0.05, 0) is 90.3 Å². The lowest BCUT2D eigenvalue weighted by Gasteiger charge is -2.30. The highest BCUT2D eigenvalue weighted by atomic mass is 15.1. The van der Waals surface area contributed by atoms with Crippen LogP contribution in [0.5, 0.6) is 0 Å². The first-order valence-electron chi connectivity index (χ1n) is 19.6. The topological polar surface area (TPSA) is 3.24 Å². The van der Waals surface area contributed by atoms with E-state index >= 15 is 0 Å². The molecule has 0 aliphatic heterocycles. The summed E-state index contributed by atoms with van der Waals surface area (Å²) >= 11 is 0. The lowest BCUT2D eigenvalue weighted by atomic mass is 9.93. The fourth-order valence-corrected chi connectivity index (χ4v) is 8.28. The second-order valence-electron chi connectivity index (χ2n) is 14.5. The second kappa shape index (κ2) is 15.0. The highest BCUT2D eigenvalue weighted by molar-refractivity contribution is 6.01. The molecule has 0 aliphatic rings. The Morgan fingerprint density at radius 2 is 0.632 bits per heavy atom. The third-order valence-corrected chi connectivity index (χ3v) is 11.1. The van der Waals surface area contributed by atoms with Gasteiger partial charge >= 0.3 is 0 Å². The van der Waals surface area contributed by atoms with Crippen LogP contribution in [0.1, 0.15) is 0 Å². The molecular weight excluding hydrogens is 687 g/mol. The van der Waals surface area contributed by atoms with Crippen LogP contribution in [-0.4, -0.2) is 0 Å². The van der Waals surface area contributed by atoms with E-state index in [1.807, 2.05) is 0 Å². The average molecular weight is 726 g/mol. The zero-order valence-electron chi connectivity index (χ0n) is 31.5. The van der Waals surface area contributed by atoms with Crippen molar-refractivity contribution in [2.45, 2.75) is 0 Å². The average Bonchev–Trinajstić information content (AvgIpc) is 3.30. The third kappa shape index (κ3) is 6.56. The number of rotatable bonds is 8. The maximum absolute atomic E-state index is 2.46. The molecule has 57 heavy (non-hydrogen) atoms. The predicted octanol–water partition coefficient (Wildman–Crippen LogP) is 15.8. The number of fused-ring (bicyclic) bond motifs is 2. The number of benzene rings is 10. The molecule has 0 radical (unpaired) electrons. The normalized spacial score (nSPS) is 11.2. The van der Waals surface area contributed by atoms with E-state index in [1.54, 1.807) is 0 Å². The van der Waals surface area contributed by atoms with Crippen LogP contribution in [0.15, 0.2) is 237 Å². The summed E-state index contributed by atoms with van der Waals surface area (Å²) in [5, 5.41) is 4.96. The summed E-state index contributed by atoms with van der Waals surface area (Å²) in [6, 6.07) is 85.8. The largest absolute Gasteiger partial charge is 0.309 e. The summed E-state index contributed by atoms with van der Waals surface area (Å²) < 4.78 is 0. The fourth-order valence-electron chi connectivity index (χ4n) is 8.28. The van der Waals surface area contributed by atoms with Crippen LogP contribution in [-0.2, 0) is 0 Å². The van der Waals surface area contributed by atoms with Crippen molar-refractivity contribution in [2.75, 3.05) is 4.90 Å². The summed E-state index contributed by atoms with van der Waals surface area (Å²) in [5.74, 6) is 0. The van der Waals surface area contributed by atoms with Crippen LogP contribution in [0, 0.1) is 0 Å². The van der Waals surface area contributed by atoms with Gasteiger partial charge in [-0.3, -0.25) is 0 Å². The Balaban J connectivity index is 1.19. The van der Waals surface area contributed by atoms with Crippen molar-refractivity contribution in [2.24, 2.45) is 0 Å². The molecular formula is C56H39N. The molecule has 0 atom stereocenters. The number of anilines is 3. The lowest BCUT2D eigenvalue weighted by molar-refractivity contribution is 1.28. The molecule has 1 heteroatoms. The summed E-state index contributed by atoms with van der Waals surface area (Å²) in [5.41, 5.74) is 15.2. The van der Waals surface area contributed by atoms with E-state index < -0.39 is 0 Å². The molecule has 10 aromatic carbocycles. The van der Waals surface area contributed by atoms with Crippen molar-refractivity contribution in [3.63, 3.8) is 0 Å². The first-order chi connectivity index (χ1) is 28.3. The molecule has 0 aromatic heterocycles. The Bertz CT molecular complexity index is 2970. The van der Waals surface area contributed by atoms with Gasteiger partial charge < -0.3 is 4.90 Å². The summed E-state index contributed by atoms with van der Waals surface area (Å²) in [4.78, 5) is 2.46. The van der Waals surface area contributed by atoms with Crippen LogP contribution in [0.25, 0.3) is 77.2 Å². The smallest absolute Gasteiger partial charge is 0.0546 e. The Hall–Kier alpha value is -7.48. The maximum atomic E-state index is 2.46. The second-order valence-corrected chi connectivity index (χ2v) is 14.5. The van der Waals surface area contributed by atoms with Crippen molar-refractivity contribution in [1.29, 1.82) is 0 Å². The molecule has 10 rings (SSSR count). The minimum Gasteiger partial charge on any atom is -0.309 e. The zero-order valence-corrected chi connectivity index (χ0v) is 31.5. The quantitative estimate of drug-likeness (QED) is 0.151. The molecule has 0 saturated carbocycles. The van der Waals surface area contributed by atoms with E-state index in [0.29, 0.717) is 0 Å². The summed E-state index contributed by atoms with van der Waals surface area (Å²) in [7, 11) is 0. The van der Waals surface area contributed by atoms with Crippen molar-refractivity contribution in [3.05, 3.63) is 237 Å². The van der Waals surface area contributed by atoms with Gasteiger partial charge in [0.05, 0.1) is 11.4 Å². The number of hydrogen-bond acceptors (Lipinski definition) is 1. The molecule has 0 fully saturated rings. The van der Waals surface area contributed by atoms with E-state index in [9.17, 15) is 0 Å². The summed E-state index contributed by atoms with van der Waals surface area (Å²) in [6.45, 7) is 0. The lowest BCUT2D eigenvalue weighted by Crippen LogP contribution is -2.12. The minimum atomic E-state index is 1.08. The molecule has 1 nitrogen and oxygen atoms in total. The van der Waals surface area contributed by atoms with E-state index in [1.165, 1.54) is 60.5 Å². The van der Waals surface area contributed by atoms with Crippen LogP contribution < -0.4 is 4.90 Å². The van der Waals surface area contributed by atoms with Crippen molar-refractivity contribution < 1.29 is 0 Å². The number of hydrogen-bond donors (Lipinski definition) is 0. The van der Waals surface area contributed by atoms with Crippen LogP contribution >= 0.6 is 0 Å². The molecule has 268 valence electrons. The first kappa shape index (κ1) is 34.0. The predicted molar refractivity (Wildman–Crippen MR) is 243 cm³/mol. The molecule has 0 unspecified atom stereocenters. The summed E-state index contributed by atoms with van der Waals surface area (Å²) in [6.07, 6.45) is 0. The standard InChI is InChI=1S/C56H39N/c1-3-15-40(16-4-1)41-29-31-46(32-30-41)53-25-11-12-28-55(53)57(48-36-33-45(34-37-48)51-26-13-21-42-19-7-9-23-49(42)51)56-39-47(35-38-54(56)44-17-5-2-6-18-44)52-27-14-22-43-20-8-10-24-50(43)52/h1-39H. The molecule has 0 heterocycles. The molecule has 10 aromatic rings. The SMILES string of the molecule is c1ccc(-c2ccc(-c3ccccc3N(c3ccc(-c4cccc5ccccc45)cc3)c3cc(-c4cccc5ccccc45)ccc3-c3ccccc3)cc2)cc1. The first-order valence-corrected chi connectivity index (χ1v) is 19.6. The van der Waals surface area contributed by atoms with Gasteiger partial charge in [0.15, 0.2) is 0 Å². The molecule has 0 bridgehead atoms. The van der Waals surface area contributed by atoms with E-state index in [-0.39, 0.29) is 0 Å². The van der Waals surface area contributed by atoms with Crippen molar-refractivity contribution >= 4 is 38.6 Å². The Labute approximate surface area is 334 Å². The van der Waals surface area contributed by atoms with Crippen LogP contribution in [0.2, 0.25) is 0 Å². The van der Waals surface area contributed by atoms with Gasteiger partial charge in [-0.15, -0.1) is 0 Å². The van der Waals surface area contributed by atoms with Gasteiger partial charge in [-0.2, -0.15) is 0 Å². The van der Waals surface area contributed by atoms with E-state index in [2.05, 4.69) is 241 Å². The fraction of sp³-hybridized carbons (Fsp3) is 0. The minimum absolute atomic E-state index is 1.08. The van der Waals surface area contributed by atoms with Crippen LogP contribution in [0.3, 0.4) is 0 Å². The number of para-hydroxylation sites is 1. The van der Waals surface area contributed by atoms with Gasteiger partial charge in [-0.25, -0.2) is 0 Å². The van der Waals surface area contributed by atoms with Gasteiger partial charge in [0.25, 0.3) is 0 Å². The van der Waals surface area contributed by atoms with Gasteiger partial charge in [-0.1, -0.05) is 212 Å². The zero-order chi connectivity index (χ0) is 38.0. The Morgan fingerprint density at radius 3 is 1.30 bits per heavy atom. The molecule has 0 N–H and O–H groups in total. The van der Waals surface area contributed by atoms with Crippen LogP contribution in [0.4, 0.5) is 17.1 Å².